The maximum absolute atomic E-state index is 14.7. The van der Waals surface area contributed by atoms with Crippen molar-refractivity contribution in [1.82, 2.24) is 9.55 Å². The van der Waals surface area contributed by atoms with Crippen molar-refractivity contribution in [3.8, 4) is 0 Å². The summed E-state index contributed by atoms with van der Waals surface area (Å²) >= 11 is 0. The van der Waals surface area contributed by atoms with Crippen LogP contribution in [0.15, 0.2) is 15.8 Å². The molecule has 5 saturated carbocycles. The number of nitrogens with one attached hydrogen (secondary N) is 1. The van der Waals surface area contributed by atoms with Gasteiger partial charge in [-0.25, -0.2) is 14.0 Å². The Balaban J connectivity index is 0.933. The minimum absolute atomic E-state index is 0.0977. The van der Waals surface area contributed by atoms with Crippen molar-refractivity contribution in [1.29, 1.82) is 0 Å². The van der Waals surface area contributed by atoms with Crippen LogP contribution in [-0.2, 0) is 23.7 Å². The molecule has 7 aliphatic rings. The molecular weight excluding hydrogens is 511 g/mol. The zero-order valence-electron chi connectivity index (χ0n) is 22.3. The lowest BCUT2D eigenvalue weighted by molar-refractivity contribution is -0.260. The number of alkyl halides is 1. The van der Waals surface area contributed by atoms with Crippen molar-refractivity contribution in [2.75, 3.05) is 13.2 Å². The molecule has 10 nitrogen and oxygen atoms in total. The van der Waals surface area contributed by atoms with Crippen LogP contribution in [0.3, 0.4) is 0 Å². The van der Waals surface area contributed by atoms with E-state index in [9.17, 15) is 18.8 Å². The number of carbonyl (C=O) groups excluding carboxylic acids is 1. The van der Waals surface area contributed by atoms with Gasteiger partial charge in [0, 0.05) is 31.0 Å². The van der Waals surface area contributed by atoms with Crippen LogP contribution < -0.4 is 11.2 Å². The van der Waals surface area contributed by atoms with Gasteiger partial charge in [-0.1, -0.05) is 0 Å². The molecule has 5 atom stereocenters. The molecule has 5 aliphatic carbocycles. The fraction of sp³-hybridized carbons (Fsp3) is 0.821. The zero-order valence-corrected chi connectivity index (χ0v) is 22.3. The van der Waals surface area contributed by atoms with Crippen LogP contribution in [0.5, 0.6) is 0 Å². The number of H-pyrrole nitrogens is 1. The SMILES string of the molecule is Cc1cn([C@H]2C[C@H](F)[C@@H](COC(=O)OC3CCC[C@]4(C3)OCC3(O4)C4CC5CC(C4)CC3C5)O2)c(=O)[nH]c1=O. The molecule has 1 unspecified atom stereocenters. The highest BCUT2D eigenvalue weighted by atomic mass is 19.1. The molecular formula is C28H37FN2O8. The van der Waals surface area contributed by atoms with E-state index in [0.29, 0.717) is 36.8 Å². The van der Waals surface area contributed by atoms with Crippen LogP contribution in [0.4, 0.5) is 9.18 Å². The minimum atomic E-state index is -1.45. The van der Waals surface area contributed by atoms with Gasteiger partial charge in [-0.3, -0.25) is 14.3 Å². The van der Waals surface area contributed by atoms with Gasteiger partial charge in [-0.15, -0.1) is 0 Å². The van der Waals surface area contributed by atoms with Gasteiger partial charge < -0.3 is 23.7 Å². The van der Waals surface area contributed by atoms with Crippen LogP contribution in [0.1, 0.15) is 76.0 Å². The number of ether oxygens (including phenoxy) is 5. The van der Waals surface area contributed by atoms with Crippen LogP contribution in [-0.4, -0.2) is 58.7 Å². The Hall–Kier alpha value is -2.24. The van der Waals surface area contributed by atoms with Crippen LogP contribution in [0.25, 0.3) is 0 Å². The molecule has 0 aromatic carbocycles. The Morgan fingerprint density at radius 2 is 1.90 bits per heavy atom. The van der Waals surface area contributed by atoms with Crippen LogP contribution in [0.2, 0.25) is 0 Å². The molecule has 8 rings (SSSR count). The summed E-state index contributed by atoms with van der Waals surface area (Å²) in [4.78, 5) is 38.5. The van der Waals surface area contributed by atoms with Gasteiger partial charge in [-0.2, -0.15) is 0 Å². The van der Waals surface area contributed by atoms with E-state index in [4.69, 9.17) is 23.7 Å². The number of halogens is 1. The largest absolute Gasteiger partial charge is 0.508 e. The van der Waals surface area contributed by atoms with Crippen molar-refractivity contribution < 1.29 is 32.9 Å². The second-order valence-electron chi connectivity index (χ2n) is 12.8. The Labute approximate surface area is 225 Å². The van der Waals surface area contributed by atoms with Gasteiger partial charge in [-0.05, 0) is 75.5 Å². The first-order valence-corrected chi connectivity index (χ1v) is 14.5. The standard InChI is InChI=1S/C28H37FN2O8/c1-15-12-31(25(33)30-24(15)32)23-10-21(29)22(38-23)13-35-26(34)37-20-3-2-4-27(11-20)36-14-28(39-27)18-6-16-5-17(8-18)9-19(28)7-16/h12,16-23H,2-11,13-14H2,1H3,(H,30,32,33)/t16?,17?,18?,19?,20?,21-,22+,23+,27-,28?/m0/s1. The molecule has 2 saturated heterocycles. The van der Waals surface area contributed by atoms with Gasteiger partial charge in [0.25, 0.3) is 5.56 Å². The third-order valence-corrected chi connectivity index (χ3v) is 10.3. The molecule has 11 heteroatoms. The molecule has 1 N–H and O–H groups in total. The predicted molar refractivity (Wildman–Crippen MR) is 134 cm³/mol. The number of nitrogens with zero attached hydrogens (tertiary/aromatic N) is 1. The fourth-order valence-electron chi connectivity index (χ4n) is 8.64. The summed E-state index contributed by atoms with van der Waals surface area (Å²) in [5, 5.41) is 0. The monoisotopic (exact) mass is 548 g/mol. The second kappa shape index (κ2) is 9.41. The molecule has 1 aromatic rings. The predicted octanol–water partition coefficient (Wildman–Crippen LogP) is 3.50. The first-order chi connectivity index (χ1) is 18.7. The van der Waals surface area contributed by atoms with Crippen molar-refractivity contribution in [2.45, 2.75) is 107 Å². The van der Waals surface area contributed by atoms with Gasteiger partial charge in [0.1, 0.15) is 36.8 Å². The maximum atomic E-state index is 14.7. The van der Waals surface area contributed by atoms with Crippen molar-refractivity contribution in [3.63, 3.8) is 0 Å². The second-order valence-corrected chi connectivity index (χ2v) is 12.8. The van der Waals surface area contributed by atoms with Gasteiger partial charge >= 0.3 is 11.8 Å². The van der Waals surface area contributed by atoms with E-state index in [1.165, 1.54) is 38.3 Å². The lowest BCUT2D eigenvalue weighted by Crippen LogP contribution is -2.60. The summed E-state index contributed by atoms with van der Waals surface area (Å²) in [6.07, 6.45) is 5.71. The Morgan fingerprint density at radius 3 is 2.64 bits per heavy atom. The molecule has 4 bridgehead atoms. The van der Waals surface area contributed by atoms with Gasteiger partial charge in [0.2, 0.25) is 0 Å². The third-order valence-electron chi connectivity index (χ3n) is 10.3. The van der Waals surface area contributed by atoms with Crippen molar-refractivity contribution in [2.24, 2.45) is 23.7 Å². The molecule has 2 spiro atoms. The van der Waals surface area contributed by atoms with Crippen LogP contribution in [0, 0.1) is 30.6 Å². The number of hydrogen-bond acceptors (Lipinski definition) is 8. The third kappa shape index (κ3) is 4.44. The number of hydrogen-bond donors (Lipinski definition) is 1. The zero-order chi connectivity index (χ0) is 26.9. The summed E-state index contributed by atoms with van der Waals surface area (Å²) in [5.41, 5.74) is -1.05. The number of carbonyl (C=O) groups is 1. The lowest BCUT2D eigenvalue weighted by atomic mass is 9.50. The van der Waals surface area contributed by atoms with Gasteiger partial charge in [0.15, 0.2) is 5.79 Å². The summed E-state index contributed by atoms with van der Waals surface area (Å²) in [6.45, 7) is 1.84. The smallest absolute Gasteiger partial charge is 0.431 e. The number of aromatic nitrogens is 2. The molecule has 0 amide bonds. The van der Waals surface area contributed by atoms with Gasteiger partial charge in [0.05, 0.1) is 6.61 Å². The average Bonchev–Trinajstić information content (AvgIpc) is 3.44. The highest BCUT2D eigenvalue weighted by molar-refractivity contribution is 5.60. The highest BCUT2D eigenvalue weighted by Crippen LogP contribution is 2.63. The van der Waals surface area contributed by atoms with E-state index in [2.05, 4.69) is 4.98 Å². The Kier molecular flexibility index (Phi) is 6.20. The first kappa shape index (κ1) is 25.7. The lowest BCUT2D eigenvalue weighted by Gasteiger charge is -2.59. The highest BCUT2D eigenvalue weighted by Gasteiger charge is 2.64. The number of rotatable bonds is 4. The van der Waals surface area contributed by atoms with E-state index in [-0.39, 0.29) is 18.6 Å². The topological polar surface area (TPSA) is 118 Å². The summed E-state index contributed by atoms with van der Waals surface area (Å²) in [6, 6.07) is 0. The van der Waals surface area contributed by atoms with Crippen LogP contribution >= 0.6 is 0 Å². The molecule has 0 radical (unpaired) electrons. The van der Waals surface area contributed by atoms with Crippen molar-refractivity contribution >= 4 is 6.16 Å². The molecule has 214 valence electrons. The molecule has 3 heterocycles. The van der Waals surface area contributed by atoms with E-state index in [0.717, 1.165) is 29.2 Å². The Bertz CT molecular complexity index is 1220. The molecule has 1 aromatic heterocycles. The Morgan fingerprint density at radius 1 is 1.15 bits per heavy atom. The molecule has 39 heavy (non-hydrogen) atoms. The summed E-state index contributed by atoms with van der Waals surface area (Å²) < 4.78 is 45.7. The summed E-state index contributed by atoms with van der Waals surface area (Å²) in [5.74, 6) is 2.12. The number of aromatic amines is 1. The minimum Gasteiger partial charge on any atom is -0.431 e. The fourth-order valence-corrected chi connectivity index (χ4v) is 8.64. The molecule has 2 aliphatic heterocycles. The van der Waals surface area contributed by atoms with Crippen molar-refractivity contribution in [3.05, 3.63) is 32.6 Å². The van der Waals surface area contributed by atoms with E-state index in [1.54, 1.807) is 6.92 Å². The quantitative estimate of drug-likeness (QED) is 0.568. The first-order valence-electron chi connectivity index (χ1n) is 14.5. The molecule has 7 fully saturated rings. The number of aryl methyl sites for hydroxylation is 1. The normalized spacial score (nSPS) is 44.4. The van der Waals surface area contributed by atoms with E-state index < -0.39 is 47.8 Å². The van der Waals surface area contributed by atoms with E-state index in [1.807, 2.05) is 0 Å². The average molecular weight is 549 g/mol. The summed E-state index contributed by atoms with van der Waals surface area (Å²) in [7, 11) is 0. The van der Waals surface area contributed by atoms with E-state index >= 15 is 0 Å². The maximum Gasteiger partial charge on any atom is 0.508 e.